The van der Waals surface area contributed by atoms with Gasteiger partial charge < -0.3 is 14.4 Å². The van der Waals surface area contributed by atoms with Crippen LogP contribution in [0.15, 0.2) is 18.2 Å². The zero-order valence-corrected chi connectivity index (χ0v) is 13.8. The van der Waals surface area contributed by atoms with Crippen molar-refractivity contribution in [2.75, 3.05) is 32.8 Å². The zero-order chi connectivity index (χ0) is 15.8. The van der Waals surface area contributed by atoms with E-state index < -0.39 is 0 Å². The van der Waals surface area contributed by atoms with Crippen LogP contribution in [-0.2, 0) is 0 Å². The minimum atomic E-state index is 0.150. The zero-order valence-electron chi connectivity index (χ0n) is 13.8. The molecule has 0 N–H and O–H groups in total. The topological polar surface area (TPSA) is 38.8 Å². The van der Waals surface area contributed by atoms with E-state index in [0.29, 0.717) is 30.9 Å². The summed E-state index contributed by atoms with van der Waals surface area (Å²) in [6, 6.07) is 5.50. The number of benzene rings is 1. The summed E-state index contributed by atoms with van der Waals surface area (Å²) in [6.45, 7) is 8.10. The van der Waals surface area contributed by atoms with E-state index in [1.807, 2.05) is 32.0 Å². The molecule has 0 radical (unpaired) electrons. The van der Waals surface area contributed by atoms with Crippen molar-refractivity contribution >= 4 is 5.78 Å². The number of rotatable bonds is 8. The lowest BCUT2D eigenvalue weighted by molar-refractivity contribution is 0.0955. The summed E-state index contributed by atoms with van der Waals surface area (Å²) in [5.41, 5.74) is 0.669. The van der Waals surface area contributed by atoms with Crippen molar-refractivity contribution in [3.63, 3.8) is 0 Å². The summed E-state index contributed by atoms with van der Waals surface area (Å²) in [6.07, 6.45) is 4.37. The van der Waals surface area contributed by atoms with E-state index in [2.05, 4.69) is 4.90 Å². The summed E-state index contributed by atoms with van der Waals surface area (Å²) in [5, 5.41) is 0. The summed E-state index contributed by atoms with van der Waals surface area (Å²) >= 11 is 0. The minimum absolute atomic E-state index is 0.150. The fourth-order valence-corrected chi connectivity index (χ4v) is 2.84. The molecule has 1 fully saturated rings. The van der Waals surface area contributed by atoms with Gasteiger partial charge in [-0.3, -0.25) is 4.79 Å². The SMILES string of the molecule is CCOc1ccc(C(=O)CCN2CCCCC2)c(OCC)c1. The smallest absolute Gasteiger partial charge is 0.167 e. The van der Waals surface area contributed by atoms with Crippen LogP contribution in [0.2, 0.25) is 0 Å². The first-order valence-corrected chi connectivity index (χ1v) is 8.39. The molecule has 0 atom stereocenters. The highest BCUT2D eigenvalue weighted by atomic mass is 16.5. The largest absolute Gasteiger partial charge is 0.494 e. The fraction of sp³-hybridized carbons (Fsp3) is 0.611. The second kappa shape index (κ2) is 8.79. The van der Waals surface area contributed by atoms with Gasteiger partial charge in [0.25, 0.3) is 0 Å². The molecule has 0 amide bonds. The van der Waals surface area contributed by atoms with Crippen LogP contribution in [0.1, 0.15) is 49.9 Å². The van der Waals surface area contributed by atoms with Crippen molar-refractivity contribution in [1.29, 1.82) is 0 Å². The Hall–Kier alpha value is -1.55. The van der Waals surface area contributed by atoms with Gasteiger partial charge in [0, 0.05) is 19.0 Å². The second-order valence-corrected chi connectivity index (χ2v) is 5.60. The Bertz CT molecular complexity index is 481. The molecule has 122 valence electrons. The number of ether oxygens (including phenoxy) is 2. The van der Waals surface area contributed by atoms with E-state index in [1.54, 1.807) is 0 Å². The van der Waals surface area contributed by atoms with Crippen molar-refractivity contribution < 1.29 is 14.3 Å². The summed E-state index contributed by atoms with van der Waals surface area (Å²) in [5.74, 6) is 1.53. The van der Waals surface area contributed by atoms with Crippen molar-refractivity contribution in [2.24, 2.45) is 0 Å². The van der Waals surface area contributed by atoms with Gasteiger partial charge in [-0.1, -0.05) is 6.42 Å². The van der Waals surface area contributed by atoms with E-state index >= 15 is 0 Å². The number of likely N-dealkylation sites (tertiary alicyclic amines) is 1. The van der Waals surface area contributed by atoms with Crippen molar-refractivity contribution in [3.8, 4) is 11.5 Å². The average molecular weight is 305 g/mol. The van der Waals surface area contributed by atoms with Gasteiger partial charge in [-0.25, -0.2) is 0 Å². The maximum absolute atomic E-state index is 12.5. The standard InChI is InChI=1S/C18H27NO3/c1-3-21-15-8-9-16(18(14-15)22-4-2)17(20)10-13-19-11-6-5-7-12-19/h8-9,14H,3-7,10-13H2,1-2H3. The summed E-state index contributed by atoms with van der Waals surface area (Å²) < 4.78 is 11.1. The maximum atomic E-state index is 12.5. The molecule has 1 heterocycles. The molecule has 4 nitrogen and oxygen atoms in total. The number of hydrogen-bond donors (Lipinski definition) is 0. The second-order valence-electron chi connectivity index (χ2n) is 5.60. The van der Waals surface area contributed by atoms with Crippen LogP contribution in [0.5, 0.6) is 11.5 Å². The Morgan fingerprint density at radius 3 is 2.50 bits per heavy atom. The molecule has 1 aliphatic heterocycles. The van der Waals surface area contributed by atoms with Crippen LogP contribution in [-0.4, -0.2) is 43.5 Å². The van der Waals surface area contributed by atoms with Gasteiger partial charge in [-0.2, -0.15) is 0 Å². The summed E-state index contributed by atoms with van der Waals surface area (Å²) in [4.78, 5) is 14.9. The normalized spacial score (nSPS) is 15.5. The van der Waals surface area contributed by atoms with Crippen LogP contribution >= 0.6 is 0 Å². The van der Waals surface area contributed by atoms with Crippen molar-refractivity contribution in [1.82, 2.24) is 4.90 Å². The highest BCUT2D eigenvalue weighted by Crippen LogP contribution is 2.26. The molecule has 4 heteroatoms. The average Bonchev–Trinajstić information content (AvgIpc) is 2.54. The molecular weight excluding hydrogens is 278 g/mol. The maximum Gasteiger partial charge on any atom is 0.167 e. The molecule has 1 saturated heterocycles. The van der Waals surface area contributed by atoms with E-state index in [9.17, 15) is 4.79 Å². The van der Waals surface area contributed by atoms with Crippen molar-refractivity contribution in [3.05, 3.63) is 23.8 Å². The van der Waals surface area contributed by atoms with E-state index in [0.717, 1.165) is 25.4 Å². The van der Waals surface area contributed by atoms with Gasteiger partial charge in [0.05, 0.1) is 18.8 Å². The third kappa shape index (κ3) is 4.73. The lowest BCUT2D eigenvalue weighted by Crippen LogP contribution is -2.31. The van der Waals surface area contributed by atoms with Gasteiger partial charge in [-0.15, -0.1) is 0 Å². The highest BCUT2D eigenvalue weighted by molar-refractivity contribution is 5.99. The van der Waals surface area contributed by atoms with Gasteiger partial charge in [-0.05, 0) is 51.9 Å². The number of carbonyl (C=O) groups excluding carboxylic acids is 1. The Morgan fingerprint density at radius 2 is 1.82 bits per heavy atom. The number of piperidine rings is 1. The molecule has 1 aromatic carbocycles. The molecule has 0 aliphatic carbocycles. The lowest BCUT2D eigenvalue weighted by atomic mass is 10.1. The molecule has 2 rings (SSSR count). The predicted molar refractivity (Wildman–Crippen MR) is 88.0 cm³/mol. The predicted octanol–water partition coefficient (Wildman–Crippen LogP) is 3.54. The van der Waals surface area contributed by atoms with Gasteiger partial charge >= 0.3 is 0 Å². The van der Waals surface area contributed by atoms with Gasteiger partial charge in [0.1, 0.15) is 11.5 Å². The first-order chi connectivity index (χ1) is 10.7. The molecule has 1 aromatic rings. The van der Waals surface area contributed by atoms with Crippen LogP contribution in [0.4, 0.5) is 0 Å². The number of ketones is 1. The van der Waals surface area contributed by atoms with Gasteiger partial charge in [0.2, 0.25) is 0 Å². The number of hydrogen-bond acceptors (Lipinski definition) is 4. The van der Waals surface area contributed by atoms with E-state index in [4.69, 9.17) is 9.47 Å². The fourth-order valence-electron chi connectivity index (χ4n) is 2.84. The quantitative estimate of drug-likeness (QED) is 0.689. The van der Waals surface area contributed by atoms with Crippen LogP contribution in [0.3, 0.4) is 0 Å². The number of Topliss-reactive ketones (excluding diaryl/α,β-unsaturated/α-hetero) is 1. The number of carbonyl (C=O) groups is 1. The molecule has 0 bridgehead atoms. The number of nitrogens with zero attached hydrogens (tertiary/aromatic N) is 1. The first kappa shape index (κ1) is 16.8. The Kier molecular flexibility index (Phi) is 6.72. The third-order valence-corrected chi connectivity index (χ3v) is 3.97. The van der Waals surface area contributed by atoms with Crippen molar-refractivity contribution in [2.45, 2.75) is 39.5 Å². The monoisotopic (exact) mass is 305 g/mol. The lowest BCUT2D eigenvalue weighted by Gasteiger charge is -2.26. The molecule has 0 aromatic heterocycles. The minimum Gasteiger partial charge on any atom is -0.494 e. The van der Waals surface area contributed by atoms with Crippen LogP contribution < -0.4 is 9.47 Å². The Morgan fingerprint density at radius 1 is 1.09 bits per heavy atom. The van der Waals surface area contributed by atoms with Crippen LogP contribution in [0.25, 0.3) is 0 Å². The molecule has 0 saturated carbocycles. The highest BCUT2D eigenvalue weighted by Gasteiger charge is 2.16. The molecule has 22 heavy (non-hydrogen) atoms. The van der Waals surface area contributed by atoms with Crippen LogP contribution in [0, 0.1) is 0 Å². The Balaban J connectivity index is 2.00. The third-order valence-electron chi connectivity index (χ3n) is 3.97. The van der Waals surface area contributed by atoms with E-state index in [1.165, 1.54) is 19.3 Å². The van der Waals surface area contributed by atoms with Gasteiger partial charge in [0.15, 0.2) is 5.78 Å². The molecule has 0 spiro atoms. The molecule has 0 unspecified atom stereocenters. The Labute approximate surface area is 133 Å². The molecular formula is C18H27NO3. The first-order valence-electron chi connectivity index (χ1n) is 8.39. The molecule has 1 aliphatic rings. The summed E-state index contributed by atoms with van der Waals surface area (Å²) in [7, 11) is 0. The van der Waals surface area contributed by atoms with E-state index in [-0.39, 0.29) is 5.78 Å².